The Morgan fingerprint density at radius 1 is 0.586 bits per heavy atom. The van der Waals surface area contributed by atoms with Crippen LogP contribution in [0.1, 0.15) is 11.1 Å². The molecule has 8 aromatic carbocycles. The molecule has 4 nitrogen and oxygen atoms in total. The number of para-hydroxylation sites is 3. The Labute approximate surface area is 337 Å². The van der Waals surface area contributed by atoms with Gasteiger partial charge in [-0.15, -0.1) is 11.3 Å². The zero-order valence-corrected chi connectivity index (χ0v) is 32.3. The van der Waals surface area contributed by atoms with Crippen molar-refractivity contribution in [1.29, 1.82) is 0 Å². The summed E-state index contributed by atoms with van der Waals surface area (Å²) in [7, 11) is 0. The van der Waals surface area contributed by atoms with Gasteiger partial charge >= 0.3 is 0 Å². The van der Waals surface area contributed by atoms with Crippen molar-refractivity contribution >= 4 is 103 Å². The molecule has 5 heteroatoms. The van der Waals surface area contributed by atoms with E-state index in [2.05, 4.69) is 164 Å². The maximum Gasteiger partial charge on any atom is 0.165 e. The van der Waals surface area contributed by atoms with E-state index < -0.39 is 0 Å². The molecule has 4 heterocycles. The third-order valence-corrected chi connectivity index (χ3v) is 13.0. The summed E-state index contributed by atoms with van der Waals surface area (Å²) in [6.07, 6.45) is 5.93. The molecule has 0 N–H and O–H groups in total. The van der Waals surface area contributed by atoms with Crippen LogP contribution in [0.4, 0.5) is 0 Å². The molecule has 0 unspecified atom stereocenters. The van der Waals surface area contributed by atoms with Crippen molar-refractivity contribution < 1.29 is 4.42 Å². The molecular weight excluding hydrogens is 727 g/mol. The highest BCUT2D eigenvalue weighted by atomic mass is 32.1. The minimum Gasteiger partial charge on any atom is -0.454 e. The third-order valence-electron chi connectivity index (χ3n) is 11.8. The van der Waals surface area contributed by atoms with Crippen molar-refractivity contribution in [3.05, 3.63) is 182 Å². The molecule has 0 aliphatic carbocycles. The molecule has 0 radical (unpaired) electrons. The van der Waals surface area contributed by atoms with Crippen molar-refractivity contribution in [1.82, 2.24) is 14.5 Å². The van der Waals surface area contributed by atoms with Gasteiger partial charge in [-0.3, -0.25) is 4.57 Å². The zero-order chi connectivity index (χ0) is 38.5. The molecule has 272 valence electrons. The van der Waals surface area contributed by atoms with E-state index in [0.717, 1.165) is 82.8 Å². The lowest BCUT2D eigenvalue weighted by atomic mass is 9.95. The summed E-state index contributed by atoms with van der Waals surface area (Å²) < 4.78 is 11.9. The summed E-state index contributed by atoms with van der Waals surface area (Å²) in [5.74, 6) is 0.765. The number of hydrogen-bond acceptors (Lipinski definition) is 4. The quantitative estimate of drug-likeness (QED) is 0.164. The van der Waals surface area contributed by atoms with Gasteiger partial charge in [0.25, 0.3) is 0 Å². The van der Waals surface area contributed by atoms with Gasteiger partial charge in [-0.25, -0.2) is 9.97 Å². The molecule has 12 rings (SSSR count). The molecule has 58 heavy (non-hydrogen) atoms. The Hall–Kier alpha value is -7.34. The van der Waals surface area contributed by atoms with Crippen molar-refractivity contribution in [3.8, 4) is 28.2 Å². The van der Waals surface area contributed by atoms with E-state index in [1.165, 1.54) is 42.2 Å². The van der Waals surface area contributed by atoms with Crippen molar-refractivity contribution in [3.63, 3.8) is 0 Å². The van der Waals surface area contributed by atoms with Crippen LogP contribution in [-0.4, -0.2) is 14.5 Å². The molecule has 0 fully saturated rings. The van der Waals surface area contributed by atoms with Gasteiger partial charge in [0.15, 0.2) is 11.4 Å². The second-order valence-electron chi connectivity index (χ2n) is 14.9. The van der Waals surface area contributed by atoms with E-state index >= 15 is 0 Å². The standard InChI is InChI=1S/C53H33N3OS/c1-3-4-16-32-29-30-44-45(31(32)2)47-36-20-9-8-19-35(36)46-39-21-10-13-28-43(39)56(49(46)50(47)57-44)53-48(54-41-26-11-12-27-42(41)55-53)40-25-15-24-38-37-23-14-22-34(51(37)58-52(38)40)33-17-6-5-7-18-33/h3-30H,1H2,2H3/b16-4-. The fourth-order valence-corrected chi connectivity index (χ4v) is 10.5. The van der Waals surface area contributed by atoms with E-state index in [0.29, 0.717) is 0 Å². The second kappa shape index (κ2) is 12.6. The van der Waals surface area contributed by atoms with Crippen LogP contribution >= 0.6 is 11.3 Å². The van der Waals surface area contributed by atoms with E-state index in [4.69, 9.17) is 14.4 Å². The van der Waals surface area contributed by atoms with Gasteiger partial charge in [0.05, 0.1) is 22.1 Å². The van der Waals surface area contributed by atoms with Gasteiger partial charge in [-0.2, -0.15) is 0 Å². The lowest BCUT2D eigenvalue weighted by molar-refractivity contribution is 0.671. The first-order valence-electron chi connectivity index (χ1n) is 19.5. The van der Waals surface area contributed by atoms with Gasteiger partial charge in [0.2, 0.25) is 0 Å². The van der Waals surface area contributed by atoms with Crippen molar-refractivity contribution in [2.24, 2.45) is 0 Å². The number of fused-ring (bicyclic) bond motifs is 14. The average Bonchev–Trinajstić information content (AvgIpc) is 3.97. The highest BCUT2D eigenvalue weighted by Crippen LogP contribution is 2.49. The molecule has 4 aromatic heterocycles. The Morgan fingerprint density at radius 3 is 2.00 bits per heavy atom. The number of nitrogens with zero attached hydrogens (tertiary/aromatic N) is 3. The van der Waals surface area contributed by atoms with Crippen LogP contribution in [0.2, 0.25) is 0 Å². The number of aryl methyl sites for hydroxylation is 1. The third kappa shape index (κ3) is 4.62. The number of hydrogen-bond donors (Lipinski definition) is 0. The van der Waals surface area contributed by atoms with Crippen LogP contribution in [0, 0.1) is 6.92 Å². The van der Waals surface area contributed by atoms with Gasteiger partial charge in [-0.1, -0.05) is 152 Å². The first kappa shape index (κ1) is 32.9. The number of aromatic nitrogens is 3. The van der Waals surface area contributed by atoms with Crippen LogP contribution in [0.25, 0.3) is 120 Å². The Kier molecular flexibility index (Phi) is 7.13. The van der Waals surface area contributed by atoms with E-state index in [9.17, 15) is 0 Å². The predicted molar refractivity (Wildman–Crippen MR) is 246 cm³/mol. The monoisotopic (exact) mass is 759 g/mol. The Bertz CT molecular complexity index is 3720. The fraction of sp³-hybridized carbons (Fsp3) is 0.0189. The van der Waals surface area contributed by atoms with Gasteiger partial charge < -0.3 is 4.42 Å². The molecule has 12 aromatic rings. The first-order valence-corrected chi connectivity index (χ1v) is 20.4. The second-order valence-corrected chi connectivity index (χ2v) is 15.9. The summed E-state index contributed by atoms with van der Waals surface area (Å²) >= 11 is 1.83. The lowest BCUT2D eigenvalue weighted by Crippen LogP contribution is -2.04. The topological polar surface area (TPSA) is 43.9 Å². The average molecular weight is 760 g/mol. The molecule has 0 bridgehead atoms. The van der Waals surface area contributed by atoms with Crippen molar-refractivity contribution in [2.75, 3.05) is 0 Å². The van der Waals surface area contributed by atoms with Crippen LogP contribution < -0.4 is 0 Å². The van der Waals surface area contributed by atoms with Gasteiger partial charge in [-0.05, 0) is 64.2 Å². The highest BCUT2D eigenvalue weighted by molar-refractivity contribution is 7.26. The SMILES string of the molecule is C=C/C=C\c1ccc2oc3c(c4ccccc4c4c5ccccc5n(-c5nc6ccccc6nc5-c5cccc6c5sc5c(-c7ccccc7)cccc56)c34)c2c1C. The minimum atomic E-state index is 0.765. The number of allylic oxidation sites excluding steroid dienone is 2. The molecule has 0 aliphatic rings. The molecule has 0 amide bonds. The maximum atomic E-state index is 7.09. The van der Waals surface area contributed by atoms with Gasteiger partial charge in [0.1, 0.15) is 11.3 Å². The summed E-state index contributed by atoms with van der Waals surface area (Å²) in [6, 6.07) is 53.8. The molecule has 0 saturated heterocycles. The van der Waals surface area contributed by atoms with E-state index in [1.54, 1.807) is 0 Å². The smallest absolute Gasteiger partial charge is 0.165 e. The maximum absolute atomic E-state index is 7.09. The van der Waals surface area contributed by atoms with Gasteiger partial charge in [0, 0.05) is 47.3 Å². The minimum absolute atomic E-state index is 0.765. The molecule has 0 spiro atoms. The normalized spacial score (nSPS) is 12.2. The van der Waals surface area contributed by atoms with E-state index in [1.807, 2.05) is 35.6 Å². The summed E-state index contributed by atoms with van der Waals surface area (Å²) in [5, 5.41) is 9.27. The summed E-state index contributed by atoms with van der Waals surface area (Å²) in [4.78, 5) is 11.1. The largest absolute Gasteiger partial charge is 0.454 e. The van der Waals surface area contributed by atoms with Crippen molar-refractivity contribution in [2.45, 2.75) is 6.92 Å². The van der Waals surface area contributed by atoms with E-state index in [-0.39, 0.29) is 0 Å². The Balaban J connectivity index is 1.25. The zero-order valence-electron chi connectivity index (χ0n) is 31.5. The first-order chi connectivity index (χ1) is 28.7. The summed E-state index contributed by atoms with van der Waals surface area (Å²) in [6.45, 7) is 6.11. The Morgan fingerprint density at radius 2 is 1.22 bits per heavy atom. The van der Waals surface area contributed by atoms with Crippen LogP contribution in [0.3, 0.4) is 0 Å². The van der Waals surface area contributed by atoms with Crippen LogP contribution in [0.15, 0.2) is 175 Å². The number of thiophene rings is 1. The fourth-order valence-electron chi connectivity index (χ4n) is 9.19. The van der Waals surface area contributed by atoms with Crippen LogP contribution in [-0.2, 0) is 0 Å². The predicted octanol–water partition coefficient (Wildman–Crippen LogP) is 15.0. The number of furan rings is 1. The molecule has 0 aliphatic heterocycles. The number of benzene rings is 8. The molecular formula is C53H33N3OS. The molecule has 0 saturated carbocycles. The number of rotatable bonds is 5. The highest BCUT2D eigenvalue weighted by Gasteiger charge is 2.27. The lowest BCUT2D eigenvalue weighted by Gasteiger charge is -2.15. The van der Waals surface area contributed by atoms with Crippen LogP contribution in [0.5, 0.6) is 0 Å². The summed E-state index contributed by atoms with van der Waals surface area (Å²) in [5.41, 5.74) is 12.0. The molecule has 0 atom stereocenters.